The number of carbonyl (C=O) groups is 1. The topological polar surface area (TPSA) is 63.7 Å². The summed E-state index contributed by atoms with van der Waals surface area (Å²) in [6.07, 6.45) is -0.830. The summed E-state index contributed by atoms with van der Waals surface area (Å²) < 4.78 is 32.3. The molecule has 3 rings (SSSR count). The predicted octanol–water partition coefficient (Wildman–Crippen LogP) is 3.49. The largest absolute Gasteiger partial charge is 0.446 e. The minimum Gasteiger partial charge on any atom is -0.446 e. The molecule has 2 aromatic rings. The minimum absolute atomic E-state index is 0.0199. The minimum atomic E-state index is -4.00. The zero-order valence-electron chi connectivity index (χ0n) is 13.8. The second-order valence-electron chi connectivity index (χ2n) is 6.03. The van der Waals surface area contributed by atoms with Crippen molar-refractivity contribution >= 4 is 16.1 Å². The first-order valence-corrected chi connectivity index (χ1v) is 9.10. The van der Waals surface area contributed by atoms with Gasteiger partial charge in [0.25, 0.3) is 10.0 Å². The van der Waals surface area contributed by atoms with Crippen LogP contribution in [0.5, 0.6) is 0 Å². The van der Waals surface area contributed by atoms with E-state index in [9.17, 15) is 13.2 Å². The molecule has 126 valence electrons. The van der Waals surface area contributed by atoms with E-state index in [1.807, 2.05) is 25.1 Å². The summed E-state index contributed by atoms with van der Waals surface area (Å²) >= 11 is 0. The summed E-state index contributed by atoms with van der Waals surface area (Å²) in [7, 11) is -4.00. The average Bonchev–Trinajstić information content (AvgIpc) is 2.89. The molecule has 2 aromatic carbocycles. The first kappa shape index (κ1) is 16.5. The van der Waals surface area contributed by atoms with Crippen molar-refractivity contribution in [2.75, 3.05) is 6.61 Å². The van der Waals surface area contributed by atoms with Crippen molar-refractivity contribution in [3.63, 3.8) is 0 Å². The van der Waals surface area contributed by atoms with E-state index in [2.05, 4.69) is 0 Å². The van der Waals surface area contributed by atoms with Crippen LogP contribution in [0.3, 0.4) is 0 Å². The van der Waals surface area contributed by atoms with E-state index in [0.29, 0.717) is 11.1 Å². The van der Waals surface area contributed by atoms with Gasteiger partial charge < -0.3 is 4.74 Å². The number of amides is 1. The molecule has 0 spiro atoms. The summed E-state index contributed by atoms with van der Waals surface area (Å²) in [5.74, 6) is 0. The van der Waals surface area contributed by atoms with Gasteiger partial charge in [0.15, 0.2) is 0 Å². The Labute approximate surface area is 141 Å². The normalized spacial score (nSPS) is 17.9. The van der Waals surface area contributed by atoms with E-state index in [-0.39, 0.29) is 11.5 Å². The van der Waals surface area contributed by atoms with E-state index < -0.39 is 22.2 Å². The van der Waals surface area contributed by atoms with Crippen molar-refractivity contribution in [3.8, 4) is 0 Å². The van der Waals surface area contributed by atoms with Gasteiger partial charge in [0.1, 0.15) is 12.6 Å². The number of ether oxygens (including phenoxy) is 1. The standard InChI is InChI=1S/C18H19NO4S/c1-12-9-13(2)17(14(3)10-12)24(21,22)19-16(11-23-18(19)20)15-7-5-4-6-8-15/h4-10,16H,11H2,1-3H3/t16-/m0/s1. The van der Waals surface area contributed by atoms with Crippen molar-refractivity contribution in [1.29, 1.82) is 0 Å². The lowest BCUT2D eigenvalue weighted by Gasteiger charge is -2.23. The highest BCUT2D eigenvalue weighted by atomic mass is 32.2. The van der Waals surface area contributed by atoms with Gasteiger partial charge in [-0.05, 0) is 37.5 Å². The van der Waals surface area contributed by atoms with Crippen molar-refractivity contribution < 1.29 is 17.9 Å². The van der Waals surface area contributed by atoms with Crippen LogP contribution in [0.1, 0.15) is 28.3 Å². The number of carbonyl (C=O) groups excluding carboxylic acids is 1. The summed E-state index contributed by atoms with van der Waals surface area (Å²) in [6.45, 7) is 5.41. The van der Waals surface area contributed by atoms with Gasteiger partial charge in [-0.1, -0.05) is 48.0 Å². The highest BCUT2D eigenvalue weighted by Gasteiger charge is 2.44. The maximum absolute atomic E-state index is 13.2. The van der Waals surface area contributed by atoms with E-state index in [1.54, 1.807) is 38.1 Å². The molecule has 1 aliphatic heterocycles. The molecule has 0 aromatic heterocycles. The van der Waals surface area contributed by atoms with Gasteiger partial charge in [-0.15, -0.1) is 0 Å². The highest BCUT2D eigenvalue weighted by molar-refractivity contribution is 7.89. The van der Waals surface area contributed by atoms with Crippen LogP contribution in [0.25, 0.3) is 0 Å². The molecular formula is C18H19NO4S. The van der Waals surface area contributed by atoms with E-state index in [4.69, 9.17) is 4.74 Å². The van der Waals surface area contributed by atoms with Gasteiger partial charge in [0, 0.05) is 0 Å². The molecule has 24 heavy (non-hydrogen) atoms. The molecule has 5 nitrogen and oxygen atoms in total. The van der Waals surface area contributed by atoms with Crippen molar-refractivity contribution in [2.24, 2.45) is 0 Å². The Morgan fingerprint density at radius 3 is 2.21 bits per heavy atom. The third-order valence-electron chi connectivity index (χ3n) is 4.13. The van der Waals surface area contributed by atoms with Crippen LogP contribution in [0, 0.1) is 20.8 Å². The van der Waals surface area contributed by atoms with Gasteiger partial charge in [0.2, 0.25) is 0 Å². The van der Waals surface area contributed by atoms with Crippen LogP contribution in [0.15, 0.2) is 47.4 Å². The molecule has 0 radical (unpaired) electrons. The number of hydrogen-bond donors (Lipinski definition) is 0. The molecule has 1 saturated heterocycles. The van der Waals surface area contributed by atoms with Crippen LogP contribution in [0.4, 0.5) is 4.79 Å². The van der Waals surface area contributed by atoms with Gasteiger partial charge in [0.05, 0.1) is 4.90 Å². The Morgan fingerprint density at radius 1 is 1.04 bits per heavy atom. The smallest absolute Gasteiger partial charge is 0.424 e. The van der Waals surface area contributed by atoms with Gasteiger partial charge >= 0.3 is 6.09 Å². The molecule has 0 unspecified atom stereocenters. The molecule has 0 N–H and O–H groups in total. The van der Waals surface area contributed by atoms with E-state index in [1.165, 1.54) is 0 Å². The van der Waals surface area contributed by atoms with Crippen LogP contribution < -0.4 is 0 Å². The van der Waals surface area contributed by atoms with Gasteiger partial charge in [-0.25, -0.2) is 13.2 Å². The van der Waals surface area contributed by atoms with Gasteiger partial charge in [-0.2, -0.15) is 4.31 Å². The fourth-order valence-electron chi connectivity index (χ4n) is 3.25. The second kappa shape index (κ2) is 5.94. The quantitative estimate of drug-likeness (QED) is 0.854. The maximum atomic E-state index is 13.2. The molecule has 1 amide bonds. The highest BCUT2D eigenvalue weighted by Crippen LogP contribution is 2.35. The van der Waals surface area contributed by atoms with E-state index in [0.717, 1.165) is 15.4 Å². The number of sulfonamides is 1. The first-order valence-electron chi connectivity index (χ1n) is 7.66. The Balaban J connectivity index is 2.13. The fourth-order valence-corrected chi connectivity index (χ4v) is 5.15. The van der Waals surface area contributed by atoms with Crippen LogP contribution in [0.2, 0.25) is 0 Å². The summed E-state index contributed by atoms with van der Waals surface area (Å²) in [4.78, 5) is 12.4. The lowest BCUT2D eigenvalue weighted by molar-refractivity contribution is 0.170. The number of benzene rings is 2. The molecular weight excluding hydrogens is 326 g/mol. The summed E-state index contributed by atoms with van der Waals surface area (Å²) in [6, 6.07) is 12.0. The van der Waals surface area contributed by atoms with Crippen molar-refractivity contribution in [2.45, 2.75) is 31.7 Å². The molecule has 0 aliphatic carbocycles. The zero-order chi connectivity index (χ0) is 17.5. The number of aryl methyl sites for hydroxylation is 3. The monoisotopic (exact) mass is 345 g/mol. The van der Waals surface area contributed by atoms with E-state index >= 15 is 0 Å². The zero-order valence-corrected chi connectivity index (χ0v) is 14.6. The molecule has 6 heteroatoms. The number of nitrogens with zero attached hydrogens (tertiary/aromatic N) is 1. The molecule has 0 bridgehead atoms. The first-order chi connectivity index (χ1) is 11.3. The Bertz CT molecular complexity index is 867. The van der Waals surface area contributed by atoms with Crippen LogP contribution >= 0.6 is 0 Å². The lowest BCUT2D eigenvalue weighted by Crippen LogP contribution is -2.35. The molecule has 1 atom stereocenters. The average molecular weight is 345 g/mol. The number of rotatable bonds is 3. The van der Waals surface area contributed by atoms with Crippen LogP contribution in [-0.4, -0.2) is 25.4 Å². The second-order valence-corrected chi connectivity index (χ2v) is 7.78. The SMILES string of the molecule is Cc1cc(C)c(S(=O)(=O)N2C(=O)OC[C@H]2c2ccccc2)c(C)c1. The summed E-state index contributed by atoms with van der Waals surface area (Å²) in [5, 5.41) is 0. The number of cyclic esters (lactones) is 1. The van der Waals surface area contributed by atoms with Crippen molar-refractivity contribution in [1.82, 2.24) is 4.31 Å². The molecule has 1 fully saturated rings. The molecule has 0 saturated carbocycles. The predicted molar refractivity (Wildman–Crippen MR) is 90.2 cm³/mol. The lowest BCUT2D eigenvalue weighted by atomic mass is 10.1. The van der Waals surface area contributed by atoms with Crippen LogP contribution in [-0.2, 0) is 14.8 Å². The van der Waals surface area contributed by atoms with Gasteiger partial charge in [-0.3, -0.25) is 0 Å². The molecule has 1 aliphatic rings. The maximum Gasteiger partial charge on any atom is 0.424 e. The Kier molecular flexibility index (Phi) is 4.09. The Hall–Kier alpha value is -2.34. The Morgan fingerprint density at radius 2 is 1.62 bits per heavy atom. The van der Waals surface area contributed by atoms with Crippen molar-refractivity contribution in [3.05, 3.63) is 64.7 Å². The summed E-state index contributed by atoms with van der Waals surface area (Å²) in [5.41, 5.74) is 2.96. The fraction of sp³-hybridized carbons (Fsp3) is 0.278. The third kappa shape index (κ3) is 2.67. The molecule has 1 heterocycles. The number of hydrogen-bond acceptors (Lipinski definition) is 4. The third-order valence-corrected chi connectivity index (χ3v) is 6.21.